The van der Waals surface area contributed by atoms with Gasteiger partial charge in [0.2, 0.25) is 0 Å². The molecule has 0 heterocycles. The maximum absolute atomic E-state index is 5.24. The average molecular weight is 275 g/mol. The average Bonchev–Trinajstić information content (AvgIpc) is 2.42. The number of rotatable bonds is 3. The minimum Gasteiger partial charge on any atom is -0.359 e. The zero-order chi connectivity index (χ0) is 13.5. The third kappa shape index (κ3) is 4.99. The van der Waals surface area contributed by atoms with Crippen LogP contribution in [0.15, 0.2) is 29.4 Å². The summed E-state index contributed by atoms with van der Waals surface area (Å²) in [6.45, 7) is 2.07. The van der Waals surface area contributed by atoms with Crippen molar-refractivity contribution < 1.29 is 0 Å². The lowest BCUT2D eigenvalue weighted by Crippen LogP contribution is -2.40. The van der Waals surface area contributed by atoms with Gasteiger partial charge in [0.1, 0.15) is 0 Å². The Balaban J connectivity index is 1.74. The lowest BCUT2D eigenvalue weighted by molar-refractivity contribution is 0.412. The molecular formula is C15H21N3S. The van der Waals surface area contributed by atoms with Gasteiger partial charge < -0.3 is 5.32 Å². The lowest BCUT2D eigenvalue weighted by atomic mass is 9.96. The Morgan fingerprint density at radius 2 is 1.89 bits per heavy atom. The first kappa shape index (κ1) is 14.0. The molecule has 0 bridgehead atoms. The van der Waals surface area contributed by atoms with E-state index in [1.807, 2.05) is 12.1 Å². The SMILES string of the molecule is Cc1ccc(/C=N/NC(=S)NC2CCCCC2)cc1. The quantitative estimate of drug-likeness (QED) is 0.505. The van der Waals surface area contributed by atoms with Gasteiger partial charge in [0.05, 0.1) is 6.21 Å². The standard InChI is InChI=1S/C15H21N3S/c1-12-7-9-13(10-8-12)11-16-18-15(19)17-14-5-3-2-4-6-14/h7-11,14H,2-6H2,1H3,(H2,17,18,19)/b16-11+. The summed E-state index contributed by atoms with van der Waals surface area (Å²) in [5, 5.41) is 8.10. The Morgan fingerprint density at radius 3 is 2.58 bits per heavy atom. The molecule has 4 heteroatoms. The summed E-state index contributed by atoms with van der Waals surface area (Å²) in [4.78, 5) is 0. The fraction of sp³-hybridized carbons (Fsp3) is 0.467. The van der Waals surface area contributed by atoms with E-state index < -0.39 is 0 Å². The Kier molecular flexibility index (Phi) is 5.33. The van der Waals surface area contributed by atoms with Crippen molar-refractivity contribution in [3.63, 3.8) is 0 Å². The Morgan fingerprint density at radius 1 is 1.21 bits per heavy atom. The molecule has 1 aliphatic carbocycles. The minimum atomic E-state index is 0.517. The number of thiocarbonyl (C=S) groups is 1. The molecule has 0 radical (unpaired) electrons. The van der Waals surface area contributed by atoms with E-state index in [-0.39, 0.29) is 0 Å². The van der Waals surface area contributed by atoms with Crippen LogP contribution in [0.4, 0.5) is 0 Å². The monoisotopic (exact) mass is 275 g/mol. The van der Waals surface area contributed by atoms with Crippen LogP contribution in [-0.4, -0.2) is 17.4 Å². The molecule has 1 aromatic carbocycles. The van der Waals surface area contributed by atoms with Gasteiger partial charge in [0, 0.05) is 6.04 Å². The summed E-state index contributed by atoms with van der Waals surface area (Å²) < 4.78 is 0. The summed E-state index contributed by atoms with van der Waals surface area (Å²) in [5.41, 5.74) is 5.20. The third-order valence-electron chi connectivity index (χ3n) is 3.40. The van der Waals surface area contributed by atoms with Gasteiger partial charge in [-0.25, -0.2) is 0 Å². The van der Waals surface area contributed by atoms with Crippen molar-refractivity contribution in [2.75, 3.05) is 0 Å². The smallest absolute Gasteiger partial charge is 0.187 e. The first-order valence-corrected chi connectivity index (χ1v) is 7.31. The van der Waals surface area contributed by atoms with Gasteiger partial charge in [-0.05, 0) is 37.5 Å². The van der Waals surface area contributed by atoms with Gasteiger partial charge in [0.15, 0.2) is 5.11 Å². The normalized spacial score (nSPS) is 16.5. The molecule has 0 atom stereocenters. The molecule has 1 saturated carbocycles. The van der Waals surface area contributed by atoms with Crippen LogP contribution in [-0.2, 0) is 0 Å². The Bertz CT molecular complexity index is 433. The molecule has 0 aliphatic heterocycles. The van der Waals surface area contributed by atoms with Crippen LogP contribution in [0.1, 0.15) is 43.2 Å². The molecule has 2 N–H and O–H groups in total. The first-order valence-electron chi connectivity index (χ1n) is 6.90. The van der Waals surface area contributed by atoms with Crippen molar-refractivity contribution in [1.29, 1.82) is 0 Å². The van der Waals surface area contributed by atoms with Crippen molar-refractivity contribution in [1.82, 2.24) is 10.7 Å². The maximum atomic E-state index is 5.24. The Labute approximate surface area is 120 Å². The van der Waals surface area contributed by atoms with Gasteiger partial charge >= 0.3 is 0 Å². The molecule has 19 heavy (non-hydrogen) atoms. The van der Waals surface area contributed by atoms with Crippen LogP contribution in [0.25, 0.3) is 0 Å². The van der Waals surface area contributed by atoms with Crippen LogP contribution in [0, 0.1) is 6.92 Å². The number of hydrazone groups is 1. The van der Waals surface area contributed by atoms with Crippen molar-refractivity contribution in [3.8, 4) is 0 Å². The topological polar surface area (TPSA) is 36.4 Å². The highest BCUT2D eigenvalue weighted by Crippen LogP contribution is 2.17. The molecule has 0 spiro atoms. The number of nitrogens with zero attached hydrogens (tertiary/aromatic N) is 1. The van der Waals surface area contributed by atoms with Crippen molar-refractivity contribution in [3.05, 3.63) is 35.4 Å². The zero-order valence-electron chi connectivity index (χ0n) is 11.4. The van der Waals surface area contributed by atoms with E-state index >= 15 is 0 Å². The van der Waals surface area contributed by atoms with Gasteiger partial charge in [-0.2, -0.15) is 5.10 Å². The van der Waals surface area contributed by atoms with E-state index in [1.54, 1.807) is 6.21 Å². The van der Waals surface area contributed by atoms with Crippen LogP contribution in [0.5, 0.6) is 0 Å². The second-order valence-electron chi connectivity index (χ2n) is 5.09. The molecule has 1 fully saturated rings. The fourth-order valence-corrected chi connectivity index (χ4v) is 2.50. The van der Waals surface area contributed by atoms with E-state index in [0.717, 1.165) is 5.56 Å². The zero-order valence-corrected chi connectivity index (χ0v) is 12.2. The van der Waals surface area contributed by atoms with E-state index in [4.69, 9.17) is 12.2 Å². The number of hydrogen-bond acceptors (Lipinski definition) is 2. The summed E-state index contributed by atoms with van der Waals surface area (Å²) >= 11 is 5.24. The molecule has 2 rings (SSSR count). The lowest BCUT2D eigenvalue weighted by Gasteiger charge is -2.23. The highest BCUT2D eigenvalue weighted by molar-refractivity contribution is 7.80. The number of aryl methyl sites for hydroxylation is 1. The fourth-order valence-electron chi connectivity index (χ4n) is 2.28. The van der Waals surface area contributed by atoms with Crippen molar-refractivity contribution >= 4 is 23.5 Å². The van der Waals surface area contributed by atoms with Gasteiger partial charge in [-0.3, -0.25) is 5.43 Å². The van der Waals surface area contributed by atoms with E-state index in [2.05, 4.69) is 34.9 Å². The van der Waals surface area contributed by atoms with E-state index in [1.165, 1.54) is 37.7 Å². The number of nitrogens with one attached hydrogen (secondary N) is 2. The predicted molar refractivity (Wildman–Crippen MR) is 84.5 cm³/mol. The van der Waals surface area contributed by atoms with Crippen molar-refractivity contribution in [2.24, 2.45) is 5.10 Å². The highest BCUT2D eigenvalue weighted by atomic mass is 32.1. The number of benzene rings is 1. The molecule has 0 amide bonds. The second kappa shape index (κ2) is 7.24. The van der Waals surface area contributed by atoms with Gasteiger partial charge in [-0.1, -0.05) is 49.1 Å². The molecule has 0 aromatic heterocycles. The molecule has 0 unspecified atom stereocenters. The summed E-state index contributed by atoms with van der Waals surface area (Å²) in [5.74, 6) is 0. The largest absolute Gasteiger partial charge is 0.359 e. The summed E-state index contributed by atoms with van der Waals surface area (Å²) in [6, 6.07) is 8.74. The van der Waals surface area contributed by atoms with Crippen LogP contribution in [0.3, 0.4) is 0 Å². The van der Waals surface area contributed by atoms with Gasteiger partial charge in [-0.15, -0.1) is 0 Å². The second-order valence-corrected chi connectivity index (χ2v) is 5.50. The Hall–Kier alpha value is -1.42. The van der Waals surface area contributed by atoms with Crippen molar-refractivity contribution in [2.45, 2.75) is 45.1 Å². The van der Waals surface area contributed by atoms with Gasteiger partial charge in [0.25, 0.3) is 0 Å². The van der Waals surface area contributed by atoms with Crippen LogP contribution in [0.2, 0.25) is 0 Å². The molecule has 1 aliphatic rings. The third-order valence-corrected chi connectivity index (χ3v) is 3.61. The molecule has 102 valence electrons. The molecule has 0 saturated heterocycles. The van der Waals surface area contributed by atoms with E-state index in [9.17, 15) is 0 Å². The van der Waals surface area contributed by atoms with Crippen LogP contribution < -0.4 is 10.7 Å². The highest BCUT2D eigenvalue weighted by Gasteiger charge is 2.13. The predicted octanol–water partition coefficient (Wildman–Crippen LogP) is 3.13. The summed E-state index contributed by atoms with van der Waals surface area (Å²) in [7, 11) is 0. The maximum Gasteiger partial charge on any atom is 0.187 e. The minimum absolute atomic E-state index is 0.517. The molecule has 1 aromatic rings. The van der Waals surface area contributed by atoms with Crippen LogP contribution >= 0.6 is 12.2 Å². The number of hydrogen-bond donors (Lipinski definition) is 2. The first-order chi connectivity index (χ1) is 9.24. The summed E-state index contributed by atoms with van der Waals surface area (Å²) in [6.07, 6.45) is 8.16. The molecular weight excluding hydrogens is 254 g/mol. The van der Waals surface area contributed by atoms with E-state index in [0.29, 0.717) is 11.2 Å². The molecule has 3 nitrogen and oxygen atoms in total.